The van der Waals surface area contributed by atoms with Gasteiger partial charge in [-0.1, -0.05) is 0 Å². The van der Waals surface area contributed by atoms with E-state index in [9.17, 15) is 14.3 Å². The molecule has 3 aliphatic rings. The monoisotopic (exact) mass is 478 g/mol. The Bertz CT molecular complexity index is 1410. The van der Waals surface area contributed by atoms with Crippen molar-refractivity contribution in [3.8, 4) is 11.4 Å². The molecule has 0 aliphatic heterocycles. The summed E-state index contributed by atoms with van der Waals surface area (Å²) in [6.07, 6.45) is 8.96. The predicted molar refractivity (Wildman–Crippen MR) is 128 cm³/mol. The van der Waals surface area contributed by atoms with Crippen LogP contribution in [0.1, 0.15) is 25.7 Å². The van der Waals surface area contributed by atoms with Crippen molar-refractivity contribution >= 4 is 33.9 Å². The van der Waals surface area contributed by atoms with Gasteiger partial charge in [-0.3, -0.25) is 4.79 Å². The van der Waals surface area contributed by atoms with Gasteiger partial charge >= 0.3 is 5.97 Å². The lowest BCUT2D eigenvalue weighted by atomic mass is 9.61. The van der Waals surface area contributed by atoms with Crippen LogP contribution >= 0.6 is 0 Å². The number of nitrogens with zero attached hydrogens (tertiary/aromatic N) is 4. The number of methoxy groups -OCH3 is 1. The van der Waals surface area contributed by atoms with E-state index in [-0.39, 0.29) is 24.5 Å². The smallest absolute Gasteiger partial charge is 0.311 e. The van der Waals surface area contributed by atoms with Gasteiger partial charge in [0.05, 0.1) is 31.2 Å². The Balaban J connectivity index is 1.49. The summed E-state index contributed by atoms with van der Waals surface area (Å²) in [5.74, 6) is 0.816. The van der Waals surface area contributed by atoms with Gasteiger partial charge in [-0.05, 0) is 49.7 Å². The van der Waals surface area contributed by atoms with Crippen LogP contribution in [0.3, 0.4) is 0 Å². The van der Waals surface area contributed by atoms with Gasteiger partial charge in [0.15, 0.2) is 5.82 Å². The van der Waals surface area contributed by atoms with Crippen molar-refractivity contribution in [2.24, 2.45) is 17.8 Å². The second kappa shape index (κ2) is 8.60. The highest BCUT2D eigenvalue weighted by molar-refractivity contribution is 5.95. The van der Waals surface area contributed by atoms with Crippen LogP contribution in [0.15, 0.2) is 30.7 Å². The van der Waals surface area contributed by atoms with E-state index in [1.807, 2.05) is 16.8 Å². The van der Waals surface area contributed by atoms with Gasteiger partial charge in [-0.2, -0.15) is 0 Å². The van der Waals surface area contributed by atoms with Crippen molar-refractivity contribution < 1.29 is 19.0 Å². The van der Waals surface area contributed by atoms with Gasteiger partial charge in [0.1, 0.15) is 22.9 Å². The van der Waals surface area contributed by atoms with Crippen molar-refractivity contribution in [3.63, 3.8) is 0 Å². The number of H-pyrrole nitrogens is 1. The van der Waals surface area contributed by atoms with Gasteiger partial charge in [0.25, 0.3) is 0 Å². The molecule has 4 aromatic heterocycles. The highest BCUT2D eigenvalue weighted by Crippen LogP contribution is 2.47. The number of aromatic amines is 1. The molecule has 10 heteroatoms. The molecule has 0 aromatic carbocycles. The molecule has 3 fully saturated rings. The van der Waals surface area contributed by atoms with Crippen molar-refractivity contribution in [1.82, 2.24) is 24.5 Å². The van der Waals surface area contributed by atoms with Gasteiger partial charge in [-0.25, -0.2) is 19.3 Å². The van der Waals surface area contributed by atoms with E-state index in [0.717, 1.165) is 37.3 Å². The van der Waals surface area contributed by atoms with Crippen molar-refractivity contribution in [3.05, 3.63) is 36.5 Å². The summed E-state index contributed by atoms with van der Waals surface area (Å²) in [5, 5.41) is 14.6. The maximum absolute atomic E-state index is 14.0. The number of nitrogens with one attached hydrogen (secondary N) is 2. The molecule has 4 aromatic rings. The SMILES string of the molecule is COC(=O)C1C2CCC(CC2)C1Nc1nc(-c2c[nH]c3ncc(F)cc23)nc2c1ccn2CCO. The van der Waals surface area contributed by atoms with Gasteiger partial charge < -0.3 is 24.7 Å². The number of halogens is 1. The van der Waals surface area contributed by atoms with Crippen LogP contribution < -0.4 is 5.32 Å². The number of aromatic nitrogens is 5. The minimum absolute atomic E-state index is 0.0368. The average Bonchev–Trinajstić information content (AvgIpc) is 3.48. The fourth-order valence-electron chi connectivity index (χ4n) is 6.04. The zero-order chi connectivity index (χ0) is 24.1. The first-order valence-electron chi connectivity index (χ1n) is 12.0. The second-order valence-corrected chi connectivity index (χ2v) is 9.51. The zero-order valence-corrected chi connectivity index (χ0v) is 19.4. The van der Waals surface area contributed by atoms with Crippen LogP contribution in [0.5, 0.6) is 0 Å². The Morgan fingerprint density at radius 1 is 1.26 bits per heavy atom. The van der Waals surface area contributed by atoms with Crippen molar-refractivity contribution in [2.75, 3.05) is 19.0 Å². The molecule has 9 nitrogen and oxygen atoms in total. The molecule has 35 heavy (non-hydrogen) atoms. The van der Waals surface area contributed by atoms with Crippen LogP contribution in [0.25, 0.3) is 33.5 Å². The molecule has 2 bridgehead atoms. The molecule has 2 unspecified atom stereocenters. The first-order chi connectivity index (χ1) is 17.1. The Morgan fingerprint density at radius 3 is 2.83 bits per heavy atom. The zero-order valence-electron chi connectivity index (χ0n) is 19.4. The third-order valence-electron chi connectivity index (χ3n) is 7.69. The third-order valence-corrected chi connectivity index (χ3v) is 7.69. The minimum atomic E-state index is -0.444. The molecule has 4 heterocycles. The maximum atomic E-state index is 14.0. The molecule has 0 radical (unpaired) electrons. The van der Waals surface area contributed by atoms with Crippen LogP contribution in [0, 0.1) is 23.6 Å². The van der Waals surface area contributed by atoms with E-state index in [1.165, 1.54) is 13.2 Å². The number of anilines is 1. The van der Waals surface area contributed by atoms with Crippen LogP contribution in [-0.4, -0.2) is 55.3 Å². The molecule has 3 aliphatic carbocycles. The molecule has 3 N–H and O–H groups in total. The molecular formula is C25H27FN6O3. The predicted octanol–water partition coefficient (Wildman–Crippen LogP) is 3.50. The molecule has 7 rings (SSSR count). The summed E-state index contributed by atoms with van der Waals surface area (Å²) in [6.45, 7) is 0.341. The van der Waals surface area contributed by atoms with Gasteiger partial charge in [0, 0.05) is 35.9 Å². The van der Waals surface area contributed by atoms with Crippen molar-refractivity contribution in [1.29, 1.82) is 0 Å². The van der Waals surface area contributed by atoms with E-state index in [0.29, 0.717) is 52.3 Å². The largest absolute Gasteiger partial charge is 0.469 e. The summed E-state index contributed by atoms with van der Waals surface area (Å²) < 4.78 is 21.1. The Morgan fingerprint density at radius 2 is 2.06 bits per heavy atom. The number of pyridine rings is 1. The Kier molecular flexibility index (Phi) is 5.40. The lowest BCUT2D eigenvalue weighted by Gasteiger charge is -2.47. The summed E-state index contributed by atoms with van der Waals surface area (Å²) in [4.78, 5) is 29.6. The highest BCUT2D eigenvalue weighted by atomic mass is 19.1. The fourth-order valence-corrected chi connectivity index (χ4v) is 6.04. The fraction of sp³-hybridized carbons (Fsp3) is 0.440. The van der Waals surface area contributed by atoms with Crippen LogP contribution in [-0.2, 0) is 16.1 Å². The number of fused-ring (bicyclic) bond motifs is 5. The molecule has 0 amide bonds. The molecule has 0 saturated heterocycles. The number of carbonyl (C=O) groups is 1. The third kappa shape index (κ3) is 3.63. The van der Waals surface area contributed by atoms with Crippen molar-refractivity contribution in [2.45, 2.75) is 38.3 Å². The van der Waals surface area contributed by atoms with E-state index in [2.05, 4.69) is 15.3 Å². The second-order valence-electron chi connectivity index (χ2n) is 9.51. The number of aliphatic hydroxyl groups excluding tert-OH is 1. The van der Waals surface area contributed by atoms with E-state index < -0.39 is 5.82 Å². The molecule has 2 atom stereocenters. The summed E-state index contributed by atoms with van der Waals surface area (Å²) in [6, 6.07) is 3.24. The number of hydrogen-bond donors (Lipinski definition) is 3. The topological polar surface area (TPSA) is 118 Å². The number of esters is 1. The summed E-state index contributed by atoms with van der Waals surface area (Å²) >= 11 is 0. The minimum Gasteiger partial charge on any atom is -0.469 e. The first-order valence-corrected chi connectivity index (χ1v) is 12.0. The van der Waals surface area contributed by atoms with Crippen LogP contribution in [0.2, 0.25) is 0 Å². The Hall–Kier alpha value is -3.53. The number of rotatable bonds is 6. The van der Waals surface area contributed by atoms with E-state index >= 15 is 0 Å². The normalized spacial score (nSPS) is 23.7. The number of ether oxygens (including phenoxy) is 1. The molecule has 182 valence electrons. The summed E-state index contributed by atoms with van der Waals surface area (Å²) in [5.41, 5.74) is 1.82. The summed E-state index contributed by atoms with van der Waals surface area (Å²) in [7, 11) is 1.45. The van der Waals surface area contributed by atoms with Gasteiger partial charge in [-0.15, -0.1) is 0 Å². The number of aliphatic hydroxyl groups is 1. The quantitative estimate of drug-likeness (QED) is 0.363. The first kappa shape index (κ1) is 22.0. The molecular weight excluding hydrogens is 451 g/mol. The van der Waals surface area contributed by atoms with Crippen LogP contribution in [0.4, 0.5) is 10.2 Å². The maximum Gasteiger partial charge on any atom is 0.311 e. The molecule has 0 spiro atoms. The highest BCUT2D eigenvalue weighted by Gasteiger charge is 2.48. The Labute approximate surface area is 200 Å². The average molecular weight is 479 g/mol. The molecule has 3 saturated carbocycles. The van der Waals surface area contributed by atoms with E-state index in [1.54, 1.807) is 6.20 Å². The number of hydrogen-bond acceptors (Lipinski definition) is 7. The van der Waals surface area contributed by atoms with Gasteiger partial charge in [0.2, 0.25) is 0 Å². The standard InChI is InChI=1S/C25H27FN6O3/c1-35-25(34)19-13-2-4-14(5-3-13)20(19)29-22-16-6-7-32(8-9-33)24(16)31-23(30-22)18-12-28-21-17(18)10-15(26)11-27-21/h6-7,10-14,19-20,33H,2-5,8-9H2,1H3,(H,27,28)(H,29,30,31). The lowest BCUT2D eigenvalue weighted by molar-refractivity contribution is -0.152. The van der Waals surface area contributed by atoms with E-state index in [4.69, 9.17) is 14.7 Å². The lowest BCUT2D eigenvalue weighted by Crippen LogP contribution is -2.51. The number of carbonyl (C=O) groups excluding carboxylic acids is 1.